The summed E-state index contributed by atoms with van der Waals surface area (Å²) in [6.45, 7) is 1.97. The zero-order valence-corrected chi connectivity index (χ0v) is 18.0. The third kappa shape index (κ3) is 5.36. The van der Waals surface area contributed by atoms with Crippen molar-refractivity contribution in [3.8, 4) is 11.3 Å². The first-order valence-electron chi connectivity index (χ1n) is 9.93. The van der Waals surface area contributed by atoms with Gasteiger partial charge in [0.15, 0.2) is 0 Å². The molecular formula is C25H20ClN5O. The van der Waals surface area contributed by atoms with E-state index in [1.54, 1.807) is 30.7 Å². The fraction of sp³-hybridized carbons (Fsp3) is 0.0400. The van der Waals surface area contributed by atoms with Crippen LogP contribution in [0.15, 0.2) is 85.3 Å². The minimum Gasteiger partial charge on any atom is -0.324 e. The summed E-state index contributed by atoms with van der Waals surface area (Å²) in [5.74, 6) is 0.200. The molecule has 158 valence electrons. The molecule has 0 aliphatic rings. The van der Waals surface area contributed by atoms with E-state index in [1.165, 1.54) is 6.08 Å². The van der Waals surface area contributed by atoms with Gasteiger partial charge in [-0.3, -0.25) is 9.78 Å². The van der Waals surface area contributed by atoms with E-state index in [-0.39, 0.29) is 5.91 Å². The van der Waals surface area contributed by atoms with Crippen LogP contribution in [0.3, 0.4) is 0 Å². The van der Waals surface area contributed by atoms with Gasteiger partial charge < -0.3 is 10.6 Å². The van der Waals surface area contributed by atoms with Crippen LogP contribution in [0.1, 0.15) is 11.1 Å². The Labute approximate surface area is 191 Å². The van der Waals surface area contributed by atoms with Gasteiger partial charge in [0.2, 0.25) is 11.9 Å². The Bertz CT molecular complexity index is 1270. The molecule has 4 aromatic rings. The van der Waals surface area contributed by atoms with Gasteiger partial charge in [0.05, 0.1) is 5.69 Å². The number of aryl methyl sites for hydroxylation is 1. The smallest absolute Gasteiger partial charge is 0.248 e. The van der Waals surface area contributed by atoms with Crippen molar-refractivity contribution >= 4 is 40.9 Å². The van der Waals surface area contributed by atoms with E-state index in [2.05, 4.69) is 25.6 Å². The quantitative estimate of drug-likeness (QED) is 0.364. The van der Waals surface area contributed by atoms with Crippen molar-refractivity contribution in [2.45, 2.75) is 6.92 Å². The number of carbonyl (C=O) groups is 1. The Morgan fingerprint density at radius 2 is 1.91 bits per heavy atom. The maximum absolute atomic E-state index is 12.4. The van der Waals surface area contributed by atoms with Crippen LogP contribution >= 0.6 is 11.6 Å². The van der Waals surface area contributed by atoms with E-state index < -0.39 is 0 Å². The van der Waals surface area contributed by atoms with Crippen molar-refractivity contribution in [3.05, 3.63) is 101 Å². The van der Waals surface area contributed by atoms with Gasteiger partial charge in [-0.15, -0.1) is 0 Å². The summed E-state index contributed by atoms with van der Waals surface area (Å²) in [5, 5.41) is 6.69. The van der Waals surface area contributed by atoms with Gasteiger partial charge in [-0.1, -0.05) is 35.9 Å². The number of halogens is 1. The molecule has 4 rings (SSSR count). The van der Waals surface area contributed by atoms with E-state index in [9.17, 15) is 4.79 Å². The average Bonchev–Trinajstić information content (AvgIpc) is 2.81. The first-order chi connectivity index (χ1) is 15.6. The standard InChI is InChI=1S/C25H20ClN5O/c1-17-8-10-20(29-24(32)11-9-18-5-2-3-7-21(18)26)15-23(17)31-25-28-14-12-22(30-25)19-6-4-13-27-16-19/h2-16H,1H3,(H,29,32)(H,28,30,31)/b11-9+. The van der Waals surface area contributed by atoms with Gasteiger partial charge in [-0.25, -0.2) is 9.97 Å². The number of nitrogens with zero attached hydrogens (tertiary/aromatic N) is 3. The fourth-order valence-corrected chi connectivity index (χ4v) is 3.21. The van der Waals surface area contributed by atoms with Crippen molar-refractivity contribution in [1.82, 2.24) is 15.0 Å². The molecule has 2 N–H and O–H groups in total. The molecule has 0 radical (unpaired) electrons. The molecule has 0 unspecified atom stereocenters. The molecule has 2 heterocycles. The number of hydrogen-bond acceptors (Lipinski definition) is 5. The molecule has 6 nitrogen and oxygen atoms in total. The molecule has 0 saturated heterocycles. The highest BCUT2D eigenvalue weighted by atomic mass is 35.5. The monoisotopic (exact) mass is 441 g/mol. The van der Waals surface area contributed by atoms with Gasteiger partial charge >= 0.3 is 0 Å². The summed E-state index contributed by atoms with van der Waals surface area (Å²) in [6.07, 6.45) is 8.30. The van der Waals surface area contributed by atoms with Gasteiger partial charge in [-0.05, 0) is 60.5 Å². The molecular weight excluding hydrogens is 422 g/mol. The first kappa shape index (κ1) is 21.2. The number of rotatable bonds is 6. The molecule has 32 heavy (non-hydrogen) atoms. The summed E-state index contributed by atoms with van der Waals surface area (Å²) in [7, 11) is 0. The highest BCUT2D eigenvalue weighted by Crippen LogP contribution is 2.24. The normalized spacial score (nSPS) is 10.8. The molecule has 0 saturated carbocycles. The zero-order valence-electron chi connectivity index (χ0n) is 17.3. The summed E-state index contributed by atoms with van der Waals surface area (Å²) >= 11 is 6.13. The Hall–Kier alpha value is -4.03. The lowest BCUT2D eigenvalue weighted by Crippen LogP contribution is -2.08. The summed E-state index contributed by atoms with van der Waals surface area (Å²) in [5.41, 5.74) is 4.88. The predicted molar refractivity (Wildman–Crippen MR) is 129 cm³/mol. The highest BCUT2D eigenvalue weighted by Gasteiger charge is 2.07. The van der Waals surface area contributed by atoms with Crippen LogP contribution < -0.4 is 10.6 Å². The second-order valence-corrected chi connectivity index (χ2v) is 7.41. The molecule has 0 atom stereocenters. The number of pyridine rings is 1. The number of carbonyl (C=O) groups excluding carboxylic acids is 1. The lowest BCUT2D eigenvalue weighted by atomic mass is 10.1. The summed E-state index contributed by atoms with van der Waals surface area (Å²) < 4.78 is 0. The van der Waals surface area contributed by atoms with Crippen LogP contribution in [-0.4, -0.2) is 20.9 Å². The molecule has 2 aromatic carbocycles. The van der Waals surface area contributed by atoms with E-state index in [0.29, 0.717) is 16.7 Å². The number of nitrogens with one attached hydrogen (secondary N) is 2. The van der Waals surface area contributed by atoms with Crippen molar-refractivity contribution in [1.29, 1.82) is 0 Å². The maximum Gasteiger partial charge on any atom is 0.248 e. The van der Waals surface area contributed by atoms with Crippen molar-refractivity contribution in [3.63, 3.8) is 0 Å². The number of amides is 1. The average molecular weight is 442 g/mol. The highest BCUT2D eigenvalue weighted by molar-refractivity contribution is 6.32. The molecule has 7 heteroatoms. The van der Waals surface area contributed by atoms with Crippen LogP contribution in [0.2, 0.25) is 5.02 Å². The van der Waals surface area contributed by atoms with Crippen LogP contribution in [0.5, 0.6) is 0 Å². The van der Waals surface area contributed by atoms with Crippen LogP contribution in [0, 0.1) is 6.92 Å². The molecule has 0 aliphatic carbocycles. The molecule has 0 fully saturated rings. The summed E-state index contributed by atoms with van der Waals surface area (Å²) in [6, 6.07) is 18.6. The Kier molecular flexibility index (Phi) is 6.53. The number of anilines is 3. The van der Waals surface area contributed by atoms with Crippen LogP contribution in [0.25, 0.3) is 17.3 Å². The molecule has 0 bridgehead atoms. The third-order valence-electron chi connectivity index (χ3n) is 4.68. The minimum absolute atomic E-state index is 0.255. The number of aromatic nitrogens is 3. The van der Waals surface area contributed by atoms with Crippen LogP contribution in [-0.2, 0) is 4.79 Å². The number of benzene rings is 2. The lowest BCUT2D eigenvalue weighted by molar-refractivity contribution is -0.111. The van der Waals surface area contributed by atoms with Gasteiger partial charge in [0.25, 0.3) is 0 Å². The number of hydrogen-bond donors (Lipinski definition) is 2. The Balaban J connectivity index is 1.49. The first-order valence-corrected chi connectivity index (χ1v) is 10.3. The van der Waals surface area contributed by atoms with E-state index in [4.69, 9.17) is 11.6 Å². The molecule has 1 amide bonds. The van der Waals surface area contributed by atoms with E-state index in [0.717, 1.165) is 28.1 Å². The maximum atomic E-state index is 12.4. The van der Waals surface area contributed by atoms with Crippen LogP contribution in [0.4, 0.5) is 17.3 Å². The zero-order chi connectivity index (χ0) is 22.3. The predicted octanol–water partition coefficient (Wildman–Crippen LogP) is 5.90. The fourth-order valence-electron chi connectivity index (χ4n) is 3.01. The van der Waals surface area contributed by atoms with E-state index >= 15 is 0 Å². The van der Waals surface area contributed by atoms with Gasteiger partial charge in [0.1, 0.15) is 0 Å². The Morgan fingerprint density at radius 1 is 1.03 bits per heavy atom. The SMILES string of the molecule is Cc1ccc(NC(=O)/C=C/c2ccccc2Cl)cc1Nc1nccc(-c2cccnc2)n1. The van der Waals surface area contributed by atoms with E-state index in [1.807, 2.05) is 61.5 Å². The van der Waals surface area contributed by atoms with Crippen molar-refractivity contribution in [2.24, 2.45) is 0 Å². The second-order valence-electron chi connectivity index (χ2n) is 7.01. The Morgan fingerprint density at radius 3 is 2.72 bits per heavy atom. The molecule has 0 aliphatic heterocycles. The second kappa shape index (κ2) is 9.85. The largest absolute Gasteiger partial charge is 0.324 e. The van der Waals surface area contributed by atoms with Gasteiger partial charge in [-0.2, -0.15) is 0 Å². The summed E-state index contributed by atoms with van der Waals surface area (Å²) in [4.78, 5) is 25.4. The van der Waals surface area contributed by atoms with Gasteiger partial charge in [0, 0.05) is 46.6 Å². The minimum atomic E-state index is -0.255. The third-order valence-corrected chi connectivity index (χ3v) is 5.03. The topological polar surface area (TPSA) is 79.8 Å². The lowest BCUT2D eigenvalue weighted by Gasteiger charge is -2.11. The van der Waals surface area contributed by atoms with Crippen molar-refractivity contribution < 1.29 is 4.79 Å². The van der Waals surface area contributed by atoms with Crippen molar-refractivity contribution in [2.75, 3.05) is 10.6 Å². The molecule has 2 aromatic heterocycles. The molecule has 0 spiro atoms.